The third kappa shape index (κ3) is 4.72. The second-order valence-corrected chi connectivity index (χ2v) is 15.7. The minimum absolute atomic E-state index is 0.645. The molecule has 0 saturated heterocycles. The average Bonchev–Trinajstić information content (AvgIpc) is 3.50. The molecule has 0 atom stereocenters. The third-order valence-electron chi connectivity index (χ3n) is 9.38. The zero-order valence-corrected chi connectivity index (χ0v) is 27.1. The molecule has 0 bridgehead atoms. The van der Waals surface area contributed by atoms with E-state index in [4.69, 9.17) is 13.1 Å². The quantitative estimate of drug-likeness (QED) is 0.0993. The molecule has 0 aliphatic heterocycles. The van der Waals surface area contributed by atoms with E-state index in [0.29, 0.717) is 11.4 Å². The fraction of sp³-hybridized carbons (Fsp3) is 0. The van der Waals surface area contributed by atoms with Crippen molar-refractivity contribution in [1.82, 2.24) is 4.57 Å². The van der Waals surface area contributed by atoms with Gasteiger partial charge in [-0.2, -0.15) is 0 Å². The summed E-state index contributed by atoms with van der Waals surface area (Å²) in [5.74, 6) is 0. The lowest BCUT2D eigenvalue weighted by Gasteiger charge is -2.34. The molecule has 8 rings (SSSR count). The Kier molecular flexibility index (Phi) is 7.27. The van der Waals surface area contributed by atoms with Gasteiger partial charge in [-0.1, -0.05) is 146 Å². The maximum atomic E-state index is 7.57. The first-order valence-electron chi connectivity index (χ1n) is 15.9. The lowest BCUT2D eigenvalue weighted by Crippen LogP contribution is -2.74. The molecular weight excluding hydrogens is 599 g/mol. The standard InChI is InChI=1S/C44H29N3Si/c1-45-34-22-27-39(28-23-34)48(37-13-5-3-6-14-37,38-15-7-4-8-16-38)40-17-11-12-33(30-40)32-20-25-36(26-21-32)47-43-19-10-9-18-41(43)42-31-35(46-2)24-29-44(42)47/h3-31H. The highest BCUT2D eigenvalue weighted by atomic mass is 28.3. The van der Waals surface area contributed by atoms with Crippen LogP contribution in [0.15, 0.2) is 176 Å². The van der Waals surface area contributed by atoms with Gasteiger partial charge in [-0.25, -0.2) is 9.69 Å². The summed E-state index contributed by atoms with van der Waals surface area (Å²) in [7, 11) is -2.75. The first-order valence-corrected chi connectivity index (χ1v) is 17.9. The smallest absolute Gasteiger partial charge is 0.188 e. The van der Waals surface area contributed by atoms with Crippen molar-refractivity contribution < 1.29 is 0 Å². The largest absolute Gasteiger partial charge is 0.309 e. The van der Waals surface area contributed by atoms with Crippen LogP contribution in [0, 0.1) is 13.1 Å². The minimum Gasteiger partial charge on any atom is -0.309 e. The summed E-state index contributed by atoms with van der Waals surface area (Å²) in [4.78, 5) is 7.36. The number of benzene rings is 7. The molecule has 48 heavy (non-hydrogen) atoms. The van der Waals surface area contributed by atoms with Gasteiger partial charge >= 0.3 is 0 Å². The van der Waals surface area contributed by atoms with Crippen LogP contribution in [0.1, 0.15) is 0 Å². The van der Waals surface area contributed by atoms with E-state index in [0.717, 1.165) is 38.6 Å². The lowest BCUT2D eigenvalue weighted by molar-refractivity contribution is 1.18. The highest BCUT2D eigenvalue weighted by molar-refractivity contribution is 7.19. The number of nitrogens with zero attached hydrogens (tertiary/aromatic N) is 3. The van der Waals surface area contributed by atoms with Gasteiger partial charge in [0, 0.05) is 11.1 Å². The summed E-state index contributed by atoms with van der Waals surface area (Å²) in [5.41, 5.74) is 6.88. The molecule has 4 heteroatoms. The highest BCUT2D eigenvalue weighted by Crippen LogP contribution is 2.35. The summed E-state index contributed by atoms with van der Waals surface area (Å²) in [6, 6.07) is 62.1. The van der Waals surface area contributed by atoms with Crippen molar-refractivity contribution in [2.45, 2.75) is 0 Å². The summed E-state index contributed by atoms with van der Waals surface area (Å²) in [6.07, 6.45) is 0. The molecule has 0 radical (unpaired) electrons. The molecular formula is C44H29N3Si. The Morgan fingerprint density at radius 2 is 0.958 bits per heavy atom. The zero-order valence-electron chi connectivity index (χ0n) is 26.1. The van der Waals surface area contributed by atoms with Crippen molar-refractivity contribution in [2.24, 2.45) is 0 Å². The number of rotatable bonds is 6. The molecule has 0 fully saturated rings. The van der Waals surface area contributed by atoms with Crippen molar-refractivity contribution >= 4 is 62.0 Å². The van der Waals surface area contributed by atoms with E-state index in [1.165, 1.54) is 20.7 Å². The lowest BCUT2D eigenvalue weighted by atomic mass is 10.1. The van der Waals surface area contributed by atoms with E-state index in [1.54, 1.807) is 0 Å². The second-order valence-electron chi connectivity index (χ2n) is 11.9. The Balaban J connectivity index is 1.29. The van der Waals surface area contributed by atoms with E-state index >= 15 is 0 Å². The first-order chi connectivity index (χ1) is 23.7. The van der Waals surface area contributed by atoms with Gasteiger partial charge < -0.3 is 4.57 Å². The predicted molar refractivity (Wildman–Crippen MR) is 202 cm³/mol. The molecule has 0 aliphatic carbocycles. The van der Waals surface area contributed by atoms with Gasteiger partial charge in [0.25, 0.3) is 0 Å². The van der Waals surface area contributed by atoms with Gasteiger partial charge in [0.1, 0.15) is 0 Å². The van der Waals surface area contributed by atoms with Crippen LogP contribution in [0.5, 0.6) is 0 Å². The SMILES string of the molecule is [C-]#[N+]c1ccc([Si](c2ccccc2)(c2ccccc2)c2cccc(-c3ccc(-n4c5ccccc5c5cc([N+]#[C-])ccc54)cc3)c2)cc1. The summed E-state index contributed by atoms with van der Waals surface area (Å²) in [6.45, 7) is 15.1. The molecule has 8 aromatic rings. The van der Waals surface area contributed by atoms with Crippen molar-refractivity contribution in [2.75, 3.05) is 0 Å². The van der Waals surface area contributed by atoms with Gasteiger partial charge in [0.2, 0.25) is 0 Å². The van der Waals surface area contributed by atoms with Crippen LogP contribution in [0.4, 0.5) is 11.4 Å². The maximum Gasteiger partial charge on any atom is 0.188 e. The first kappa shape index (κ1) is 29.0. The van der Waals surface area contributed by atoms with Crippen molar-refractivity contribution in [1.29, 1.82) is 0 Å². The molecule has 7 aromatic carbocycles. The Morgan fingerprint density at radius 1 is 0.396 bits per heavy atom. The van der Waals surface area contributed by atoms with Crippen LogP contribution in [0.2, 0.25) is 0 Å². The fourth-order valence-electron chi connectivity index (χ4n) is 7.21. The molecule has 0 saturated carbocycles. The Bertz CT molecular complexity index is 2460. The summed E-state index contributed by atoms with van der Waals surface area (Å²) < 4.78 is 2.29. The van der Waals surface area contributed by atoms with Crippen LogP contribution in [0.3, 0.4) is 0 Å². The van der Waals surface area contributed by atoms with Crippen molar-refractivity contribution in [3.8, 4) is 16.8 Å². The normalized spacial score (nSPS) is 11.3. The molecule has 1 heterocycles. The number of hydrogen-bond donors (Lipinski definition) is 0. The van der Waals surface area contributed by atoms with Crippen LogP contribution >= 0.6 is 0 Å². The second kappa shape index (κ2) is 12.0. The van der Waals surface area contributed by atoms with E-state index in [9.17, 15) is 0 Å². The van der Waals surface area contributed by atoms with E-state index in [2.05, 4.69) is 166 Å². The van der Waals surface area contributed by atoms with E-state index in [-0.39, 0.29) is 0 Å². The Labute approximate surface area is 281 Å². The van der Waals surface area contributed by atoms with Crippen LogP contribution in [-0.2, 0) is 0 Å². The molecule has 0 aliphatic rings. The molecule has 0 unspecified atom stereocenters. The highest BCUT2D eigenvalue weighted by Gasteiger charge is 2.41. The summed E-state index contributed by atoms with van der Waals surface area (Å²) >= 11 is 0. The average molecular weight is 628 g/mol. The van der Waals surface area contributed by atoms with Gasteiger partial charge in [-0.3, -0.25) is 0 Å². The van der Waals surface area contributed by atoms with Crippen LogP contribution in [-0.4, -0.2) is 12.6 Å². The maximum absolute atomic E-state index is 7.57. The number of para-hydroxylation sites is 1. The number of aromatic nitrogens is 1. The van der Waals surface area contributed by atoms with E-state index < -0.39 is 8.07 Å². The fourth-order valence-corrected chi connectivity index (χ4v) is 12.0. The Morgan fingerprint density at radius 3 is 1.62 bits per heavy atom. The van der Waals surface area contributed by atoms with Crippen molar-refractivity contribution in [3.63, 3.8) is 0 Å². The van der Waals surface area contributed by atoms with Gasteiger partial charge in [0.15, 0.2) is 19.4 Å². The molecule has 1 aromatic heterocycles. The van der Waals surface area contributed by atoms with Gasteiger partial charge in [-0.15, -0.1) is 0 Å². The predicted octanol–water partition coefficient (Wildman–Crippen LogP) is 8.93. The summed E-state index contributed by atoms with van der Waals surface area (Å²) in [5, 5.41) is 7.35. The molecule has 0 N–H and O–H groups in total. The van der Waals surface area contributed by atoms with Gasteiger partial charge in [-0.05, 0) is 67.6 Å². The molecule has 0 amide bonds. The van der Waals surface area contributed by atoms with Gasteiger partial charge in [0.05, 0.1) is 24.2 Å². The molecule has 224 valence electrons. The third-order valence-corrected chi connectivity index (χ3v) is 14.2. The molecule has 0 spiro atoms. The topological polar surface area (TPSA) is 13.6 Å². The minimum atomic E-state index is -2.75. The Hall–Kier alpha value is -6.46. The number of fused-ring (bicyclic) bond motifs is 3. The monoisotopic (exact) mass is 627 g/mol. The van der Waals surface area contributed by atoms with Crippen LogP contribution in [0.25, 0.3) is 48.3 Å². The van der Waals surface area contributed by atoms with E-state index in [1.807, 2.05) is 24.3 Å². The zero-order chi connectivity index (χ0) is 32.5. The van der Waals surface area contributed by atoms with Crippen LogP contribution < -0.4 is 20.7 Å². The van der Waals surface area contributed by atoms with Crippen molar-refractivity contribution in [3.05, 3.63) is 199 Å². The molecule has 3 nitrogen and oxygen atoms in total. The number of hydrogen-bond acceptors (Lipinski definition) is 0.